The molecule has 2 rings (SSSR count). The molecule has 0 aliphatic heterocycles. The van der Waals surface area contributed by atoms with E-state index in [2.05, 4.69) is 55.1 Å². The van der Waals surface area contributed by atoms with Crippen molar-refractivity contribution in [3.63, 3.8) is 0 Å². The van der Waals surface area contributed by atoms with Crippen LogP contribution in [-0.2, 0) is 0 Å². The van der Waals surface area contributed by atoms with Crippen molar-refractivity contribution in [2.75, 3.05) is 6.54 Å². The van der Waals surface area contributed by atoms with Crippen LogP contribution < -0.4 is 0 Å². The summed E-state index contributed by atoms with van der Waals surface area (Å²) < 4.78 is 0. The molecule has 21 heavy (non-hydrogen) atoms. The highest BCUT2D eigenvalue weighted by Crippen LogP contribution is 2.33. The second-order valence-corrected chi connectivity index (χ2v) is 6.65. The minimum absolute atomic E-state index is 0.262. The largest absolute Gasteiger partial charge is 0.292 e. The second kappa shape index (κ2) is 8.20. The summed E-state index contributed by atoms with van der Waals surface area (Å²) in [5.41, 5.74) is 1.30. The van der Waals surface area contributed by atoms with Crippen molar-refractivity contribution in [2.24, 2.45) is 5.92 Å². The summed E-state index contributed by atoms with van der Waals surface area (Å²) in [4.78, 5) is 2.63. The number of nitrogens with zero attached hydrogens (tertiary/aromatic N) is 2. The van der Waals surface area contributed by atoms with E-state index in [9.17, 15) is 5.26 Å². The van der Waals surface area contributed by atoms with Crippen molar-refractivity contribution in [1.82, 2.24) is 4.90 Å². The number of nitriles is 1. The molecule has 0 saturated heterocycles. The summed E-state index contributed by atoms with van der Waals surface area (Å²) in [7, 11) is 0. The lowest BCUT2D eigenvalue weighted by molar-refractivity contribution is 0.129. The Hall–Kier alpha value is -1.33. The molecule has 1 aromatic rings. The van der Waals surface area contributed by atoms with Crippen LogP contribution in [0.3, 0.4) is 0 Å². The van der Waals surface area contributed by atoms with Gasteiger partial charge >= 0.3 is 0 Å². The van der Waals surface area contributed by atoms with E-state index < -0.39 is 0 Å². The van der Waals surface area contributed by atoms with Gasteiger partial charge in [-0.15, -0.1) is 0 Å². The maximum Gasteiger partial charge on any atom is 0.0641 e. The number of hydrogen-bond acceptors (Lipinski definition) is 2. The van der Waals surface area contributed by atoms with Crippen LogP contribution in [0.2, 0.25) is 0 Å². The Bertz CT molecular complexity index is 440. The van der Waals surface area contributed by atoms with Crippen molar-refractivity contribution >= 4 is 0 Å². The molecule has 1 saturated carbocycles. The Balaban J connectivity index is 2.19. The molecule has 0 amide bonds. The monoisotopic (exact) mass is 284 g/mol. The molecule has 1 aliphatic rings. The van der Waals surface area contributed by atoms with Crippen LogP contribution in [0.15, 0.2) is 30.3 Å². The maximum absolute atomic E-state index is 9.29. The van der Waals surface area contributed by atoms with Gasteiger partial charge in [0, 0.05) is 12.1 Å². The number of rotatable bonds is 7. The Morgan fingerprint density at radius 1 is 1.19 bits per heavy atom. The average molecular weight is 284 g/mol. The SMILES string of the molecule is CC(C)CCN(C1CCCC1)C(CC#N)c1ccccc1. The van der Waals surface area contributed by atoms with Gasteiger partial charge in [0.2, 0.25) is 0 Å². The minimum Gasteiger partial charge on any atom is -0.292 e. The fourth-order valence-corrected chi connectivity index (χ4v) is 3.42. The Kier molecular flexibility index (Phi) is 6.26. The molecule has 1 unspecified atom stereocenters. The Morgan fingerprint density at radius 2 is 1.86 bits per heavy atom. The number of benzene rings is 1. The molecule has 0 spiro atoms. The molecule has 2 nitrogen and oxygen atoms in total. The first kappa shape index (κ1) is 16.0. The fraction of sp³-hybridized carbons (Fsp3) is 0.632. The summed E-state index contributed by atoms with van der Waals surface area (Å²) in [6.45, 7) is 5.69. The van der Waals surface area contributed by atoms with Crippen LogP contribution in [0.4, 0.5) is 0 Å². The predicted molar refractivity (Wildman–Crippen MR) is 87.8 cm³/mol. The molecule has 0 N–H and O–H groups in total. The molecule has 114 valence electrons. The number of hydrogen-bond donors (Lipinski definition) is 0. The molecule has 1 atom stereocenters. The van der Waals surface area contributed by atoms with Gasteiger partial charge < -0.3 is 0 Å². The van der Waals surface area contributed by atoms with Crippen molar-refractivity contribution in [1.29, 1.82) is 5.26 Å². The standard InChI is InChI=1S/C19H28N2/c1-16(2)13-15-21(18-10-6-7-11-18)19(12-14-20)17-8-4-3-5-9-17/h3-5,8-9,16,18-19H,6-7,10-13,15H2,1-2H3. The van der Waals surface area contributed by atoms with Crippen molar-refractivity contribution in [2.45, 2.75) is 64.5 Å². The fourth-order valence-electron chi connectivity index (χ4n) is 3.42. The lowest BCUT2D eigenvalue weighted by Crippen LogP contribution is -2.38. The third-order valence-electron chi connectivity index (χ3n) is 4.63. The Morgan fingerprint density at radius 3 is 2.43 bits per heavy atom. The normalized spacial score (nSPS) is 17.3. The van der Waals surface area contributed by atoms with E-state index in [4.69, 9.17) is 0 Å². The minimum atomic E-state index is 0.262. The topological polar surface area (TPSA) is 27.0 Å². The third-order valence-corrected chi connectivity index (χ3v) is 4.63. The van der Waals surface area contributed by atoms with Gasteiger partial charge in [-0.3, -0.25) is 4.90 Å². The highest BCUT2D eigenvalue weighted by atomic mass is 15.2. The lowest BCUT2D eigenvalue weighted by atomic mass is 9.98. The van der Waals surface area contributed by atoms with Gasteiger partial charge in [-0.2, -0.15) is 5.26 Å². The molecule has 0 heterocycles. The molecule has 0 bridgehead atoms. The zero-order valence-electron chi connectivity index (χ0n) is 13.5. The van der Waals surface area contributed by atoms with Crippen molar-refractivity contribution in [3.05, 3.63) is 35.9 Å². The maximum atomic E-state index is 9.29. The molecule has 1 aromatic carbocycles. The van der Waals surface area contributed by atoms with E-state index in [1.165, 1.54) is 37.7 Å². The van der Waals surface area contributed by atoms with E-state index in [0.29, 0.717) is 18.4 Å². The van der Waals surface area contributed by atoms with Gasteiger partial charge in [-0.05, 0) is 37.3 Å². The summed E-state index contributed by atoms with van der Waals surface area (Å²) in [5.74, 6) is 0.715. The second-order valence-electron chi connectivity index (χ2n) is 6.65. The summed E-state index contributed by atoms with van der Waals surface area (Å²) in [6.07, 6.45) is 7.09. The highest BCUT2D eigenvalue weighted by molar-refractivity contribution is 5.20. The predicted octanol–water partition coefficient (Wildman–Crippen LogP) is 4.93. The van der Waals surface area contributed by atoms with Gasteiger partial charge in [-0.1, -0.05) is 57.0 Å². The molecule has 0 radical (unpaired) electrons. The average Bonchev–Trinajstić information content (AvgIpc) is 3.01. The van der Waals surface area contributed by atoms with Gasteiger partial charge in [0.15, 0.2) is 0 Å². The Labute approximate surface area is 129 Å². The zero-order chi connectivity index (χ0) is 15.1. The van der Waals surface area contributed by atoms with Crippen LogP contribution >= 0.6 is 0 Å². The van der Waals surface area contributed by atoms with Gasteiger partial charge in [0.05, 0.1) is 12.5 Å². The third kappa shape index (κ3) is 4.58. The zero-order valence-corrected chi connectivity index (χ0v) is 13.5. The van der Waals surface area contributed by atoms with Gasteiger partial charge in [-0.25, -0.2) is 0 Å². The molecule has 0 aromatic heterocycles. The first-order chi connectivity index (χ1) is 10.2. The summed E-state index contributed by atoms with van der Waals surface area (Å²) in [6, 6.07) is 13.9. The van der Waals surface area contributed by atoms with E-state index in [0.717, 1.165) is 6.54 Å². The summed E-state index contributed by atoms with van der Waals surface area (Å²) >= 11 is 0. The van der Waals surface area contributed by atoms with Crippen LogP contribution in [-0.4, -0.2) is 17.5 Å². The molecular weight excluding hydrogens is 256 g/mol. The van der Waals surface area contributed by atoms with E-state index >= 15 is 0 Å². The van der Waals surface area contributed by atoms with Gasteiger partial charge in [0.1, 0.15) is 0 Å². The summed E-state index contributed by atoms with van der Waals surface area (Å²) in [5, 5.41) is 9.29. The van der Waals surface area contributed by atoms with E-state index in [1.807, 2.05) is 0 Å². The lowest BCUT2D eigenvalue weighted by Gasteiger charge is -2.36. The highest BCUT2D eigenvalue weighted by Gasteiger charge is 2.29. The van der Waals surface area contributed by atoms with Crippen LogP contribution in [0.1, 0.15) is 64.0 Å². The molecule has 1 fully saturated rings. The quantitative estimate of drug-likeness (QED) is 0.709. The van der Waals surface area contributed by atoms with Gasteiger partial charge in [0.25, 0.3) is 0 Å². The molecule has 1 aliphatic carbocycles. The van der Waals surface area contributed by atoms with Crippen LogP contribution in [0.5, 0.6) is 0 Å². The molecule has 2 heteroatoms. The van der Waals surface area contributed by atoms with E-state index in [1.54, 1.807) is 0 Å². The van der Waals surface area contributed by atoms with E-state index in [-0.39, 0.29) is 6.04 Å². The van der Waals surface area contributed by atoms with Crippen LogP contribution in [0.25, 0.3) is 0 Å². The van der Waals surface area contributed by atoms with Crippen molar-refractivity contribution in [3.8, 4) is 6.07 Å². The van der Waals surface area contributed by atoms with Crippen LogP contribution in [0, 0.1) is 17.2 Å². The smallest absolute Gasteiger partial charge is 0.0641 e. The van der Waals surface area contributed by atoms with Crippen molar-refractivity contribution < 1.29 is 0 Å². The molecular formula is C19H28N2. The first-order valence-corrected chi connectivity index (χ1v) is 8.40. The first-order valence-electron chi connectivity index (χ1n) is 8.40.